The van der Waals surface area contributed by atoms with Gasteiger partial charge in [0.05, 0.1) is 0 Å². The lowest BCUT2D eigenvalue weighted by Crippen LogP contribution is -1.93. The molecule has 106 valence electrons. The van der Waals surface area contributed by atoms with Crippen molar-refractivity contribution in [3.05, 3.63) is 84.9 Å². The van der Waals surface area contributed by atoms with Crippen molar-refractivity contribution in [2.24, 2.45) is 0 Å². The van der Waals surface area contributed by atoms with Crippen molar-refractivity contribution in [1.82, 2.24) is 0 Å². The summed E-state index contributed by atoms with van der Waals surface area (Å²) in [6, 6.07) is 28.6. The summed E-state index contributed by atoms with van der Waals surface area (Å²) in [6.07, 6.45) is 0. The third kappa shape index (κ3) is 4.26. The Morgan fingerprint density at radius 1 is 0.429 bits per heavy atom. The second kappa shape index (κ2) is 7.36. The van der Waals surface area contributed by atoms with E-state index in [1.807, 2.05) is 42.5 Å². The zero-order valence-corrected chi connectivity index (χ0v) is 12.3. The highest BCUT2D eigenvalue weighted by Crippen LogP contribution is 2.22. The molecule has 0 atom stereocenters. The molecule has 0 bridgehead atoms. The van der Waals surface area contributed by atoms with Gasteiger partial charge in [-0.05, 0) is 42.5 Å². The average Bonchev–Trinajstić information content (AvgIpc) is 2.50. The van der Waals surface area contributed by atoms with Crippen LogP contribution in [0.25, 0.3) is 0 Å². The van der Waals surface area contributed by atoms with Gasteiger partial charge in [0.1, 0.15) is 0 Å². The number of rotatable bonds is 4. The fourth-order valence-electron chi connectivity index (χ4n) is 2.05. The second-order valence-electron chi connectivity index (χ2n) is 4.56. The Hall–Kier alpha value is -2.45. The van der Waals surface area contributed by atoms with E-state index in [1.165, 1.54) is 0 Å². The molecular formula is C18H17ClN2. The lowest BCUT2D eigenvalue weighted by molar-refractivity contribution is 1.51. The van der Waals surface area contributed by atoms with Crippen LogP contribution < -0.4 is 10.6 Å². The highest BCUT2D eigenvalue weighted by Gasteiger charge is 1.97. The maximum atomic E-state index is 3.39. The van der Waals surface area contributed by atoms with Crippen LogP contribution in [0.2, 0.25) is 0 Å². The zero-order valence-electron chi connectivity index (χ0n) is 11.5. The van der Waals surface area contributed by atoms with Crippen molar-refractivity contribution in [3.63, 3.8) is 0 Å². The second-order valence-corrected chi connectivity index (χ2v) is 4.56. The lowest BCUT2D eigenvalue weighted by Gasteiger charge is -2.10. The maximum absolute atomic E-state index is 3.39. The van der Waals surface area contributed by atoms with E-state index in [1.54, 1.807) is 0 Å². The van der Waals surface area contributed by atoms with Crippen molar-refractivity contribution >= 4 is 35.2 Å². The van der Waals surface area contributed by atoms with Gasteiger partial charge in [0.15, 0.2) is 0 Å². The summed E-state index contributed by atoms with van der Waals surface area (Å²) >= 11 is 0. The number of halogens is 1. The average molecular weight is 297 g/mol. The van der Waals surface area contributed by atoms with Crippen LogP contribution in [0.5, 0.6) is 0 Å². The molecule has 3 aromatic rings. The number of nitrogens with one attached hydrogen (secondary N) is 2. The van der Waals surface area contributed by atoms with Gasteiger partial charge >= 0.3 is 0 Å². The van der Waals surface area contributed by atoms with Crippen molar-refractivity contribution in [3.8, 4) is 0 Å². The summed E-state index contributed by atoms with van der Waals surface area (Å²) < 4.78 is 0. The van der Waals surface area contributed by atoms with Crippen LogP contribution in [0.15, 0.2) is 84.9 Å². The van der Waals surface area contributed by atoms with Gasteiger partial charge < -0.3 is 10.6 Å². The fraction of sp³-hybridized carbons (Fsp3) is 0. The van der Waals surface area contributed by atoms with Crippen molar-refractivity contribution in [1.29, 1.82) is 0 Å². The number of benzene rings is 3. The Morgan fingerprint density at radius 3 is 1.24 bits per heavy atom. The Bertz CT molecular complexity index is 612. The minimum absolute atomic E-state index is 0. The van der Waals surface area contributed by atoms with E-state index < -0.39 is 0 Å². The van der Waals surface area contributed by atoms with Crippen molar-refractivity contribution < 1.29 is 0 Å². The van der Waals surface area contributed by atoms with Crippen LogP contribution in [0.1, 0.15) is 0 Å². The quantitative estimate of drug-likeness (QED) is 0.655. The number of anilines is 4. The Morgan fingerprint density at radius 2 is 0.810 bits per heavy atom. The molecule has 0 radical (unpaired) electrons. The molecule has 0 aliphatic heterocycles. The molecule has 0 unspecified atom stereocenters. The van der Waals surface area contributed by atoms with Gasteiger partial charge in [-0.1, -0.05) is 42.5 Å². The number of hydrogen-bond donors (Lipinski definition) is 2. The molecule has 0 heterocycles. The summed E-state index contributed by atoms with van der Waals surface area (Å²) in [4.78, 5) is 0. The van der Waals surface area contributed by atoms with E-state index in [9.17, 15) is 0 Å². The maximum Gasteiger partial charge on any atom is 0.0405 e. The summed E-state index contributed by atoms with van der Waals surface area (Å²) in [5.74, 6) is 0. The highest BCUT2D eigenvalue weighted by atomic mass is 35.5. The van der Waals surface area contributed by atoms with Gasteiger partial charge in [0, 0.05) is 22.7 Å². The first-order valence-electron chi connectivity index (χ1n) is 6.64. The largest absolute Gasteiger partial charge is 0.355 e. The van der Waals surface area contributed by atoms with Gasteiger partial charge in [0.2, 0.25) is 0 Å². The monoisotopic (exact) mass is 296 g/mol. The van der Waals surface area contributed by atoms with Crippen LogP contribution >= 0.6 is 12.4 Å². The van der Waals surface area contributed by atoms with Crippen LogP contribution in [0.4, 0.5) is 22.7 Å². The van der Waals surface area contributed by atoms with Gasteiger partial charge in [0.25, 0.3) is 0 Å². The summed E-state index contributed by atoms with van der Waals surface area (Å²) in [5, 5.41) is 6.78. The summed E-state index contributed by atoms with van der Waals surface area (Å²) in [5.41, 5.74) is 4.31. The van der Waals surface area contributed by atoms with Gasteiger partial charge in [-0.3, -0.25) is 0 Å². The predicted molar refractivity (Wildman–Crippen MR) is 93.1 cm³/mol. The molecule has 2 N–H and O–H groups in total. The zero-order chi connectivity index (χ0) is 13.6. The Kier molecular flexibility index (Phi) is 5.24. The van der Waals surface area contributed by atoms with E-state index in [4.69, 9.17) is 0 Å². The van der Waals surface area contributed by atoms with Gasteiger partial charge in [-0.25, -0.2) is 0 Å². The molecule has 3 rings (SSSR count). The smallest absolute Gasteiger partial charge is 0.0405 e. The van der Waals surface area contributed by atoms with Crippen LogP contribution in [-0.4, -0.2) is 0 Å². The normalized spacial score (nSPS) is 9.52. The van der Waals surface area contributed by atoms with Crippen molar-refractivity contribution in [2.45, 2.75) is 0 Å². The summed E-state index contributed by atoms with van der Waals surface area (Å²) in [6.45, 7) is 0. The molecule has 0 spiro atoms. The van der Waals surface area contributed by atoms with E-state index in [0.717, 1.165) is 22.7 Å². The molecule has 0 saturated carbocycles. The molecule has 3 heteroatoms. The lowest BCUT2D eigenvalue weighted by atomic mass is 10.2. The molecule has 0 amide bonds. The van der Waals surface area contributed by atoms with E-state index >= 15 is 0 Å². The first-order valence-corrected chi connectivity index (χ1v) is 6.64. The molecule has 2 nitrogen and oxygen atoms in total. The molecule has 0 aromatic heterocycles. The van der Waals surface area contributed by atoms with Gasteiger partial charge in [-0.2, -0.15) is 0 Å². The first-order chi connectivity index (χ1) is 9.90. The fourth-order valence-corrected chi connectivity index (χ4v) is 2.05. The molecule has 0 saturated heterocycles. The minimum atomic E-state index is 0. The Balaban J connectivity index is 0.00000161. The van der Waals surface area contributed by atoms with E-state index in [-0.39, 0.29) is 12.4 Å². The molecule has 21 heavy (non-hydrogen) atoms. The van der Waals surface area contributed by atoms with Crippen LogP contribution in [0.3, 0.4) is 0 Å². The third-order valence-electron chi connectivity index (χ3n) is 2.99. The molecule has 0 aliphatic carbocycles. The standard InChI is InChI=1S/C18H16N2.ClH/c1-3-8-15(9-4-1)19-17-12-7-13-18(14-17)20-16-10-5-2-6-11-16;/h1-14,19-20H;1H. The molecule has 0 fully saturated rings. The van der Waals surface area contributed by atoms with Crippen LogP contribution in [0, 0.1) is 0 Å². The Labute approximate surface area is 131 Å². The number of para-hydroxylation sites is 2. The highest BCUT2D eigenvalue weighted by molar-refractivity contribution is 5.85. The topological polar surface area (TPSA) is 24.1 Å². The predicted octanol–water partition coefficient (Wildman–Crippen LogP) is 5.60. The van der Waals surface area contributed by atoms with Crippen molar-refractivity contribution in [2.75, 3.05) is 10.6 Å². The SMILES string of the molecule is Cl.c1ccc(Nc2cccc(Nc3ccccc3)c2)cc1. The van der Waals surface area contributed by atoms with E-state index in [2.05, 4.69) is 53.1 Å². The summed E-state index contributed by atoms with van der Waals surface area (Å²) in [7, 11) is 0. The third-order valence-corrected chi connectivity index (χ3v) is 2.99. The molecular weight excluding hydrogens is 280 g/mol. The first kappa shape index (κ1) is 14.9. The minimum Gasteiger partial charge on any atom is -0.355 e. The molecule has 0 aliphatic rings. The number of hydrogen-bond acceptors (Lipinski definition) is 2. The van der Waals surface area contributed by atoms with E-state index in [0.29, 0.717) is 0 Å². The van der Waals surface area contributed by atoms with Crippen LogP contribution in [-0.2, 0) is 0 Å². The van der Waals surface area contributed by atoms with Gasteiger partial charge in [-0.15, -0.1) is 12.4 Å². The molecule has 3 aromatic carbocycles.